The Bertz CT molecular complexity index is 1390. The molecule has 14 nitrogen and oxygen atoms in total. The number of amides is 1. The Labute approximate surface area is 246 Å². The molecule has 0 radical (unpaired) electrons. The molecule has 2 heterocycles. The van der Waals surface area contributed by atoms with Gasteiger partial charge >= 0.3 is 31.4 Å². The summed E-state index contributed by atoms with van der Waals surface area (Å²) >= 11 is 0. The van der Waals surface area contributed by atoms with Crippen molar-refractivity contribution in [1.82, 2.24) is 14.6 Å². The molecule has 238 valence electrons. The maximum absolute atomic E-state index is 15.1. The summed E-state index contributed by atoms with van der Waals surface area (Å²) < 4.78 is 70.6. The van der Waals surface area contributed by atoms with Gasteiger partial charge in [-0.15, -0.1) is 0 Å². The first-order chi connectivity index (χ1) is 19.9. The van der Waals surface area contributed by atoms with Crippen LogP contribution in [0, 0.1) is 0 Å². The van der Waals surface area contributed by atoms with Crippen LogP contribution in [0.2, 0.25) is 0 Å². The van der Waals surface area contributed by atoms with Crippen molar-refractivity contribution in [2.24, 2.45) is 0 Å². The van der Waals surface area contributed by atoms with Gasteiger partial charge in [-0.2, -0.15) is 18.9 Å². The van der Waals surface area contributed by atoms with Gasteiger partial charge in [-0.05, 0) is 59.7 Å². The molecule has 1 aromatic heterocycles. The van der Waals surface area contributed by atoms with Gasteiger partial charge in [-0.1, -0.05) is 18.2 Å². The molecule has 1 unspecified atom stereocenters. The van der Waals surface area contributed by atoms with E-state index in [2.05, 4.69) is 15.4 Å². The fourth-order valence-corrected chi connectivity index (χ4v) is 5.18. The minimum Gasteiger partial charge on any atom is -0.462 e. The number of carbonyl (C=O) groups is 2. The maximum atomic E-state index is 15.1. The number of ether oxygens (including phenoxy) is 3. The normalized spacial score (nSPS) is 22.0. The Kier molecular flexibility index (Phi) is 10.7. The van der Waals surface area contributed by atoms with Crippen LogP contribution in [-0.2, 0) is 28.1 Å². The number of esters is 1. The monoisotopic (exact) mass is 632 g/mol. The van der Waals surface area contributed by atoms with Gasteiger partial charge in [0.25, 0.3) is 0 Å². The van der Waals surface area contributed by atoms with E-state index in [-0.39, 0.29) is 11.6 Å². The van der Waals surface area contributed by atoms with Crippen molar-refractivity contribution < 1.29 is 51.3 Å². The minimum absolute atomic E-state index is 0.0663. The Morgan fingerprint density at radius 1 is 1.19 bits per heavy atom. The number of halogens is 2. The van der Waals surface area contributed by atoms with Crippen LogP contribution in [0.4, 0.5) is 19.4 Å². The van der Waals surface area contributed by atoms with Crippen molar-refractivity contribution in [2.75, 3.05) is 11.9 Å². The first-order valence-electron chi connectivity index (χ1n) is 13.2. The number of aliphatic hydroxyl groups is 1. The van der Waals surface area contributed by atoms with Gasteiger partial charge in [-0.25, -0.2) is 14.2 Å². The summed E-state index contributed by atoms with van der Waals surface area (Å²) in [5.41, 5.74) is -2.07. The first kappa shape index (κ1) is 34.1. The van der Waals surface area contributed by atoms with Gasteiger partial charge in [0.15, 0.2) is 6.10 Å². The van der Waals surface area contributed by atoms with Crippen LogP contribution in [0.15, 0.2) is 47.4 Å². The molecule has 43 heavy (non-hydrogen) atoms. The van der Waals surface area contributed by atoms with Crippen LogP contribution in [-0.4, -0.2) is 69.2 Å². The van der Waals surface area contributed by atoms with Crippen LogP contribution < -0.4 is 20.6 Å². The highest BCUT2D eigenvalue weighted by molar-refractivity contribution is 7.52. The van der Waals surface area contributed by atoms with Crippen LogP contribution in [0.5, 0.6) is 5.75 Å². The third kappa shape index (κ3) is 9.28. The number of para-hydroxylation sites is 1. The average molecular weight is 633 g/mol. The topological polar surface area (TPSA) is 177 Å². The predicted molar refractivity (Wildman–Crippen MR) is 148 cm³/mol. The fraction of sp³-hybridized carbons (Fsp3) is 0.538. The Morgan fingerprint density at radius 3 is 2.42 bits per heavy atom. The van der Waals surface area contributed by atoms with Crippen molar-refractivity contribution in [3.05, 3.63) is 53.1 Å². The van der Waals surface area contributed by atoms with Gasteiger partial charge in [0.2, 0.25) is 6.23 Å². The lowest BCUT2D eigenvalue weighted by atomic mass is 10.1. The molecule has 1 fully saturated rings. The van der Waals surface area contributed by atoms with Crippen molar-refractivity contribution >= 4 is 25.6 Å². The number of benzene rings is 1. The minimum atomic E-state index is -4.47. The summed E-state index contributed by atoms with van der Waals surface area (Å²) in [5.74, 6) is -5.02. The number of hydrogen-bond donors (Lipinski definition) is 3. The largest absolute Gasteiger partial charge is 0.462 e. The van der Waals surface area contributed by atoms with Crippen LogP contribution in [0.1, 0.15) is 47.8 Å². The molecule has 1 saturated heterocycles. The van der Waals surface area contributed by atoms with Gasteiger partial charge < -0.3 is 23.8 Å². The molecule has 3 N–H and O–H groups in total. The Balaban J connectivity index is 1.77. The van der Waals surface area contributed by atoms with Gasteiger partial charge in [-0.3, -0.25) is 19.2 Å². The number of aromatic nitrogens is 2. The molecule has 17 heteroatoms. The third-order valence-corrected chi connectivity index (χ3v) is 7.17. The van der Waals surface area contributed by atoms with E-state index in [1.807, 2.05) is 0 Å². The van der Waals surface area contributed by atoms with Crippen molar-refractivity contribution in [3.63, 3.8) is 0 Å². The summed E-state index contributed by atoms with van der Waals surface area (Å²) in [6.45, 7) is 8.51. The highest BCUT2D eigenvalue weighted by atomic mass is 31.2. The number of rotatable bonds is 11. The number of aliphatic hydroxyl groups excluding tert-OH is 1. The van der Waals surface area contributed by atoms with E-state index >= 15 is 8.78 Å². The van der Waals surface area contributed by atoms with E-state index in [1.165, 1.54) is 19.1 Å². The SMILES string of the molecule is CC(C)OC(=O)[C@H](C)NP(=O)(OC[C@H]1O[C@@H](n2ccc(NC(=O)OC(C)(C)C)nc2=O)C(F)(F)[C@@H]1O)Oc1ccccc1. The number of hydrogen-bond acceptors (Lipinski definition) is 11. The molecule has 1 aliphatic rings. The van der Waals surface area contributed by atoms with E-state index in [1.54, 1.807) is 52.8 Å². The zero-order valence-electron chi connectivity index (χ0n) is 24.4. The van der Waals surface area contributed by atoms with Crippen LogP contribution in [0.3, 0.4) is 0 Å². The lowest BCUT2D eigenvalue weighted by Crippen LogP contribution is -2.42. The van der Waals surface area contributed by atoms with Gasteiger partial charge in [0.05, 0.1) is 12.7 Å². The standard InChI is InChI=1S/C26H35F2N4O10P/c1-15(2)39-21(34)16(3)31-43(37,42-17-10-8-7-9-11-17)38-14-18-20(33)26(27,28)22(40-18)32-13-12-19(29-23(32)35)30-24(36)41-25(4,5)6/h7-13,15-16,18,20,22,33H,14H2,1-6H3,(H,31,37)(H,29,30,35,36)/t16-,18+,20+,22+,43?/m0/s1. The van der Waals surface area contributed by atoms with Crippen LogP contribution >= 0.6 is 7.75 Å². The van der Waals surface area contributed by atoms with Crippen LogP contribution in [0.25, 0.3) is 0 Å². The van der Waals surface area contributed by atoms with E-state index in [4.69, 9.17) is 23.3 Å². The second-order valence-electron chi connectivity index (χ2n) is 10.8. The third-order valence-electron chi connectivity index (χ3n) is 5.53. The van der Waals surface area contributed by atoms with Gasteiger partial charge in [0.1, 0.15) is 29.3 Å². The quantitative estimate of drug-likeness (QED) is 0.243. The van der Waals surface area contributed by atoms with Crippen molar-refractivity contribution in [1.29, 1.82) is 0 Å². The van der Waals surface area contributed by atoms with E-state index in [0.717, 1.165) is 12.3 Å². The van der Waals surface area contributed by atoms with Gasteiger partial charge in [0, 0.05) is 6.20 Å². The van der Waals surface area contributed by atoms with E-state index in [0.29, 0.717) is 4.57 Å². The lowest BCUT2D eigenvalue weighted by molar-refractivity contribution is -0.149. The summed E-state index contributed by atoms with van der Waals surface area (Å²) in [4.78, 5) is 40.4. The van der Waals surface area contributed by atoms with Crippen molar-refractivity contribution in [3.8, 4) is 5.75 Å². The smallest absolute Gasteiger partial charge is 0.459 e. The Morgan fingerprint density at radius 2 is 1.84 bits per heavy atom. The molecule has 5 atom stereocenters. The summed E-state index contributed by atoms with van der Waals surface area (Å²) in [6, 6.07) is 7.55. The number of alkyl halides is 2. The second kappa shape index (κ2) is 13.5. The van der Waals surface area contributed by atoms with E-state index in [9.17, 15) is 24.1 Å². The predicted octanol–water partition coefficient (Wildman–Crippen LogP) is 3.62. The van der Waals surface area contributed by atoms with E-state index < -0.39 is 74.2 Å². The summed E-state index contributed by atoms with van der Waals surface area (Å²) in [5, 5.41) is 15.0. The molecule has 1 aromatic carbocycles. The first-order valence-corrected chi connectivity index (χ1v) is 14.7. The summed E-state index contributed by atoms with van der Waals surface area (Å²) in [6.07, 6.45) is -7.17. The zero-order chi connectivity index (χ0) is 32.2. The fourth-order valence-electron chi connectivity index (χ4n) is 3.68. The zero-order valence-corrected chi connectivity index (χ0v) is 25.2. The number of nitrogens with zero attached hydrogens (tertiary/aromatic N) is 2. The highest BCUT2D eigenvalue weighted by Crippen LogP contribution is 2.48. The molecule has 2 aromatic rings. The molecule has 0 spiro atoms. The summed E-state index contributed by atoms with van der Waals surface area (Å²) in [7, 11) is -4.47. The molecule has 0 aliphatic carbocycles. The number of anilines is 1. The second-order valence-corrected chi connectivity index (χ2v) is 12.5. The number of carbonyl (C=O) groups excluding carboxylic acids is 2. The lowest BCUT2D eigenvalue weighted by Gasteiger charge is -2.25. The molecule has 1 amide bonds. The highest BCUT2D eigenvalue weighted by Gasteiger charge is 2.60. The molecular weight excluding hydrogens is 597 g/mol. The molecule has 1 aliphatic heterocycles. The number of nitrogens with one attached hydrogen (secondary N) is 2. The molecule has 3 rings (SSSR count). The van der Waals surface area contributed by atoms with Crippen molar-refractivity contribution in [2.45, 2.75) is 83.6 Å². The Hall–Kier alpha value is -3.43. The molecule has 0 saturated carbocycles. The maximum Gasteiger partial charge on any atom is 0.459 e. The molecular formula is C26H35F2N4O10P. The average Bonchev–Trinajstić information content (AvgIpc) is 3.10. The molecule has 0 bridgehead atoms.